The molecule has 18 heavy (non-hydrogen) atoms. The van der Waals surface area contributed by atoms with E-state index in [0.717, 1.165) is 16.5 Å². The largest absolute Gasteiger partial charge is 0.490 e. The SMILES string of the molecule is CCOCC(O)c1cc(Br)c2c(c1)OCCCO2. The van der Waals surface area contributed by atoms with Crippen LogP contribution in [0.1, 0.15) is 25.0 Å². The Bertz CT molecular complexity index is 408. The molecular formula is C13H17BrO4. The summed E-state index contributed by atoms with van der Waals surface area (Å²) in [5.74, 6) is 1.38. The highest BCUT2D eigenvalue weighted by atomic mass is 79.9. The van der Waals surface area contributed by atoms with Crippen molar-refractivity contribution in [3.8, 4) is 11.5 Å². The Balaban J connectivity index is 2.22. The van der Waals surface area contributed by atoms with Crippen LogP contribution in [0.3, 0.4) is 0 Å². The quantitative estimate of drug-likeness (QED) is 0.927. The summed E-state index contributed by atoms with van der Waals surface area (Å²) in [4.78, 5) is 0. The molecule has 0 aromatic heterocycles. The zero-order valence-corrected chi connectivity index (χ0v) is 11.9. The summed E-state index contributed by atoms with van der Waals surface area (Å²) in [5.41, 5.74) is 0.763. The number of hydrogen-bond acceptors (Lipinski definition) is 4. The molecular weight excluding hydrogens is 300 g/mol. The first-order valence-electron chi connectivity index (χ1n) is 6.07. The Labute approximate surface area is 115 Å². The predicted octanol–water partition coefficient (Wildman–Crippen LogP) is 2.68. The van der Waals surface area contributed by atoms with Crippen LogP contribution in [-0.2, 0) is 4.74 Å². The molecule has 1 aromatic rings. The van der Waals surface area contributed by atoms with Gasteiger partial charge in [-0.05, 0) is 40.5 Å². The van der Waals surface area contributed by atoms with E-state index >= 15 is 0 Å². The minimum atomic E-state index is -0.654. The summed E-state index contributed by atoms with van der Waals surface area (Å²) in [6.07, 6.45) is 0.205. The first kappa shape index (κ1) is 13.6. The Morgan fingerprint density at radius 1 is 1.39 bits per heavy atom. The average Bonchev–Trinajstić information content (AvgIpc) is 2.61. The zero-order chi connectivity index (χ0) is 13.0. The van der Waals surface area contributed by atoms with Crippen molar-refractivity contribution in [2.45, 2.75) is 19.4 Å². The third-order valence-corrected chi connectivity index (χ3v) is 3.28. The van der Waals surface area contributed by atoms with E-state index in [4.69, 9.17) is 14.2 Å². The molecule has 1 aliphatic heterocycles. The lowest BCUT2D eigenvalue weighted by Gasteiger charge is -2.15. The Morgan fingerprint density at radius 2 is 2.17 bits per heavy atom. The highest BCUT2D eigenvalue weighted by molar-refractivity contribution is 9.10. The lowest BCUT2D eigenvalue weighted by molar-refractivity contribution is 0.0418. The van der Waals surface area contributed by atoms with Gasteiger partial charge in [-0.3, -0.25) is 0 Å². The molecule has 1 aromatic carbocycles. The van der Waals surface area contributed by atoms with Crippen molar-refractivity contribution in [2.24, 2.45) is 0 Å². The van der Waals surface area contributed by atoms with E-state index in [2.05, 4.69) is 15.9 Å². The van der Waals surface area contributed by atoms with Crippen molar-refractivity contribution >= 4 is 15.9 Å². The molecule has 0 spiro atoms. The van der Waals surface area contributed by atoms with Crippen LogP contribution in [0.4, 0.5) is 0 Å². The zero-order valence-electron chi connectivity index (χ0n) is 10.3. The lowest BCUT2D eigenvalue weighted by atomic mass is 10.1. The minimum Gasteiger partial charge on any atom is -0.490 e. The predicted molar refractivity (Wildman–Crippen MR) is 71.2 cm³/mol. The van der Waals surface area contributed by atoms with Crippen molar-refractivity contribution in [1.82, 2.24) is 0 Å². The maximum atomic E-state index is 10.0. The lowest BCUT2D eigenvalue weighted by Crippen LogP contribution is -2.07. The third kappa shape index (κ3) is 3.16. The average molecular weight is 317 g/mol. The molecule has 1 atom stereocenters. The van der Waals surface area contributed by atoms with Gasteiger partial charge >= 0.3 is 0 Å². The molecule has 1 unspecified atom stereocenters. The standard InChI is InChI=1S/C13H17BrO4/c1-2-16-8-11(15)9-6-10(14)13-12(7-9)17-4-3-5-18-13/h6-7,11,15H,2-5,8H2,1H3. The molecule has 0 bridgehead atoms. The van der Waals surface area contributed by atoms with Gasteiger partial charge in [0, 0.05) is 13.0 Å². The number of rotatable bonds is 4. The second-order valence-electron chi connectivity index (χ2n) is 4.06. The van der Waals surface area contributed by atoms with Gasteiger partial charge in [-0.15, -0.1) is 0 Å². The maximum Gasteiger partial charge on any atom is 0.175 e. The monoisotopic (exact) mass is 316 g/mol. The Morgan fingerprint density at radius 3 is 2.94 bits per heavy atom. The topological polar surface area (TPSA) is 47.9 Å². The molecule has 0 fully saturated rings. The number of halogens is 1. The molecule has 5 heteroatoms. The van der Waals surface area contributed by atoms with Crippen LogP contribution >= 0.6 is 15.9 Å². The number of hydrogen-bond donors (Lipinski definition) is 1. The summed E-state index contributed by atoms with van der Waals surface area (Å²) >= 11 is 3.45. The fourth-order valence-electron chi connectivity index (χ4n) is 1.77. The van der Waals surface area contributed by atoms with Crippen molar-refractivity contribution in [3.05, 3.63) is 22.2 Å². The van der Waals surface area contributed by atoms with Gasteiger partial charge in [-0.2, -0.15) is 0 Å². The summed E-state index contributed by atoms with van der Waals surface area (Å²) in [6, 6.07) is 3.66. The molecule has 1 aliphatic rings. The van der Waals surface area contributed by atoms with E-state index in [-0.39, 0.29) is 6.61 Å². The van der Waals surface area contributed by atoms with E-state index in [1.807, 2.05) is 19.1 Å². The second-order valence-corrected chi connectivity index (χ2v) is 4.91. The number of ether oxygens (including phenoxy) is 3. The summed E-state index contributed by atoms with van der Waals surface area (Å²) in [5, 5.41) is 10.0. The highest BCUT2D eigenvalue weighted by Crippen LogP contribution is 2.39. The van der Waals surface area contributed by atoms with Crippen LogP contribution in [0.2, 0.25) is 0 Å². The van der Waals surface area contributed by atoms with Gasteiger partial charge in [-0.1, -0.05) is 0 Å². The summed E-state index contributed by atoms with van der Waals surface area (Å²) < 4.78 is 17.2. The molecule has 0 amide bonds. The molecule has 1 heterocycles. The molecule has 1 N–H and O–H groups in total. The van der Waals surface area contributed by atoms with Crippen molar-refractivity contribution in [1.29, 1.82) is 0 Å². The first-order chi connectivity index (χ1) is 8.72. The molecule has 0 saturated carbocycles. The van der Waals surface area contributed by atoms with Crippen LogP contribution in [0.15, 0.2) is 16.6 Å². The van der Waals surface area contributed by atoms with Crippen LogP contribution in [0, 0.1) is 0 Å². The number of aliphatic hydroxyl groups is 1. The van der Waals surface area contributed by atoms with Gasteiger partial charge in [-0.25, -0.2) is 0 Å². The van der Waals surface area contributed by atoms with E-state index in [9.17, 15) is 5.11 Å². The normalized spacial score (nSPS) is 16.2. The van der Waals surface area contributed by atoms with E-state index < -0.39 is 6.10 Å². The van der Waals surface area contributed by atoms with Gasteiger partial charge in [0.15, 0.2) is 11.5 Å². The molecule has 4 nitrogen and oxygen atoms in total. The van der Waals surface area contributed by atoms with Crippen LogP contribution < -0.4 is 9.47 Å². The van der Waals surface area contributed by atoms with Crippen molar-refractivity contribution in [3.63, 3.8) is 0 Å². The van der Waals surface area contributed by atoms with Gasteiger partial charge in [0.25, 0.3) is 0 Å². The molecule has 0 saturated heterocycles. The Kier molecular flexibility index (Phi) is 4.86. The van der Waals surface area contributed by atoms with Crippen molar-refractivity contribution < 1.29 is 19.3 Å². The van der Waals surface area contributed by atoms with Crippen LogP contribution in [0.25, 0.3) is 0 Å². The third-order valence-electron chi connectivity index (χ3n) is 2.69. The highest BCUT2D eigenvalue weighted by Gasteiger charge is 2.18. The molecule has 0 aliphatic carbocycles. The summed E-state index contributed by atoms with van der Waals surface area (Å²) in [7, 11) is 0. The van der Waals surface area contributed by atoms with Crippen molar-refractivity contribution in [2.75, 3.05) is 26.4 Å². The number of fused-ring (bicyclic) bond motifs is 1. The van der Waals surface area contributed by atoms with Gasteiger partial charge < -0.3 is 19.3 Å². The van der Waals surface area contributed by atoms with Crippen LogP contribution in [-0.4, -0.2) is 31.5 Å². The fourth-order valence-corrected chi connectivity index (χ4v) is 2.34. The van der Waals surface area contributed by atoms with E-state index in [0.29, 0.717) is 31.3 Å². The van der Waals surface area contributed by atoms with E-state index in [1.165, 1.54) is 0 Å². The van der Waals surface area contributed by atoms with Gasteiger partial charge in [0.05, 0.1) is 24.3 Å². The minimum absolute atomic E-state index is 0.280. The first-order valence-corrected chi connectivity index (χ1v) is 6.86. The maximum absolute atomic E-state index is 10.0. The van der Waals surface area contributed by atoms with E-state index in [1.54, 1.807) is 0 Å². The second kappa shape index (κ2) is 6.41. The Hall–Kier alpha value is -0.780. The van der Waals surface area contributed by atoms with Gasteiger partial charge in [0.2, 0.25) is 0 Å². The van der Waals surface area contributed by atoms with Gasteiger partial charge in [0.1, 0.15) is 6.10 Å². The molecule has 100 valence electrons. The molecule has 0 radical (unpaired) electrons. The summed E-state index contributed by atoms with van der Waals surface area (Å²) in [6.45, 7) is 4.04. The molecule has 2 rings (SSSR count). The smallest absolute Gasteiger partial charge is 0.175 e. The fraction of sp³-hybridized carbons (Fsp3) is 0.538. The number of benzene rings is 1. The van der Waals surface area contributed by atoms with Crippen LogP contribution in [0.5, 0.6) is 11.5 Å². The number of aliphatic hydroxyl groups excluding tert-OH is 1.